The first-order valence-corrected chi connectivity index (χ1v) is 5.99. The van der Waals surface area contributed by atoms with Gasteiger partial charge in [-0.3, -0.25) is 4.68 Å². The second-order valence-corrected chi connectivity index (χ2v) is 4.77. The molecule has 15 heavy (non-hydrogen) atoms. The monoisotopic (exact) mass is 207 g/mol. The zero-order valence-corrected chi connectivity index (χ0v) is 9.52. The Morgan fingerprint density at radius 1 is 1.53 bits per heavy atom. The minimum Gasteiger partial charge on any atom is -0.327 e. The third kappa shape index (κ3) is 2.81. The van der Waals surface area contributed by atoms with Crippen LogP contribution < -0.4 is 5.73 Å². The van der Waals surface area contributed by atoms with Crippen LogP contribution in [0.5, 0.6) is 0 Å². The van der Waals surface area contributed by atoms with E-state index in [4.69, 9.17) is 5.73 Å². The summed E-state index contributed by atoms with van der Waals surface area (Å²) < 4.78 is 1.86. The second-order valence-electron chi connectivity index (χ2n) is 4.77. The summed E-state index contributed by atoms with van der Waals surface area (Å²) in [7, 11) is 1.96. The van der Waals surface area contributed by atoms with Crippen molar-refractivity contribution in [3.63, 3.8) is 0 Å². The number of aromatic nitrogens is 2. The molecule has 84 valence electrons. The molecule has 1 unspecified atom stereocenters. The van der Waals surface area contributed by atoms with Gasteiger partial charge < -0.3 is 5.73 Å². The van der Waals surface area contributed by atoms with Gasteiger partial charge in [-0.2, -0.15) is 5.10 Å². The summed E-state index contributed by atoms with van der Waals surface area (Å²) in [5, 5.41) is 4.17. The topological polar surface area (TPSA) is 43.8 Å². The van der Waals surface area contributed by atoms with Gasteiger partial charge in [-0.1, -0.05) is 12.8 Å². The molecule has 0 aliphatic heterocycles. The number of aryl methyl sites for hydroxylation is 2. The van der Waals surface area contributed by atoms with Gasteiger partial charge in [0.25, 0.3) is 0 Å². The first-order chi connectivity index (χ1) is 7.25. The van der Waals surface area contributed by atoms with Gasteiger partial charge in [0.15, 0.2) is 0 Å². The molecule has 3 nitrogen and oxygen atoms in total. The highest BCUT2D eigenvalue weighted by molar-refractivity contribution is 5.04. The van der Waals surface area contributed by atoms with E-state index in [1.807, 2.05) is 17.9 Å². The van der Waals surface area contributed by atoms with Gasteiger partial charge >= 0.3 is 0 Å². The number of hydrogen-bond donors (Lipinski definition) is 1. The number of hydrogen-bond acceptors (Lipinski definition) is 2. The highest BCUT2D eigenvalue weighted by atomic mass is 15.2. The molecule has 1 aliphatic carbocycles. The first kappa shape index (κ1) is 10.7. The Hall–Kier alpha value is -0.830. The summed E-state index contributed by atoms with van der Waals surface area (Å²) in [4.78, 5) is 0. The van der Waals surface area contributed by atoms with Gasteiger partial charge in [0.2, 0.25) is 0 Å². The summed E-state index contributed by atoms with van der Waals surface area (Å²) in [6, 6.07) is 0.396. The van der Waals surface area contributed by atoms with Gasteiger partial charge in [-0.05, 0) is 37.2 Å². The molecule has 1 aromatic heterocycles. The van der Waals surface area contributed by atoms with Crippen LogP contribution in [0.15, 0.2) is 12.4 Å². The number of nitrogens with zero attached hydrogens (tertiary/aromatic N) is 2. The molecule has 0 spiro atoms. The maximum atomic E-state index is 6.21. The molecule has 2 N–H and O–H groups in total. The van der Waals surface area contributed by atoms with Crippen LogP contribution in [0.2, 0.25) is 0 Å². The Kier molecular flexibility index (Phi) is 3.41. The minimum absolute atomic E-state index is 0.396. The summed E-state index contributed by atoms with van der Waals surface area (Å²) in [6.45, 7) is 0. The quantitative estimate of drug-likeness (QED) is 0.819. The third-order valence-corrected chi connectivity index (χ3v) is 3.53. The predicted molar refractivity (Wildman–Crippen MR) is 61.5 cm³/mol. The van der Waals surface area contributed by atoms with Crippen LogP contribution >= 0.6 is 0 Å². The molecular formula is C12H21N3. The van der Waals surface area contributed by atoms with Crippen LogP contribution in [0.25, 0.3) is 0 Å². The van der Waals surface area contributed by atoms with Crippen LogP contribution in [-0.4, -0.2) is 15.8 Å². The van der Waals surface area contributed by atoms with Gasteiger partial charge in [-0.25, -0.2) is 0 Å². The Morgan fingerprint density at radius 2 is 2.27 bits per heavy atom. The summed E-state index contributed by atoms with van der Waals surface area (Å²) >= 11 is 0. The lowest BCUT2D eigenvalue weighted by molar-refractivity contribution is 0.410. The number of rotatable bonds is 4. The molecule has 0 saturated heterocycles. The van der Waals surface area contributed by atoms with E-state index in [0.717, 1.165) is 18.8 Å². The van der Waals surface area contributed by atoms with Crippen molar-refractivity contribution in [1.29, 1.82) is 0 Å². The van der Waals surface area contributed by atoms with Crippen molar-refractivity contribution in [3.05, 3.63) is 18.0 Å². The summed E-state index contributed by atoms with van der Waals surface area (Å²) in [6.07, 6.45) is 11.7. The van der Waals surface area contributed by atoms with Crippen molar-refractivity contribution in [1.82, 2.24) is 9.78 Å². The molecule has 3 heteroatoms. The van der Waals surface area contributed by atoms with E-state index in [2.05, 4.69) is 11.3 Å². The molecule has 1 fully saturated rings. The lowest BCUT2D eigenvalue weighted by Gasteiger charge is -2.17. The van der Waals surface area contributed by atoms with Crippen molar-refractivity contribution < 1.29 is 0 Å². The normalized spacial score (nSPS) is 19.6. The molecular weight excluding hydrogens is 186 g/mol. The average Bonchev–Trinajstić information content (AvgIpc) is 2.84. The molecule has 1 aromatic rings. The SMILES string of the molecule is Cn1cc(CCC(N)C2CCCC2)cn1. The standard InChI is InChI=1S/C12H21N3/c1-15-9-10(8-14-15)6-7-12(13)11-4-2-3-5-11/h8-9,11-12H,2-7,13H2,1H3. The minimum atomic E-state index is 0.396. The highest BCUT2D eigenvalue weighted by Gasteiger charge is 2.21. The van der Waals surface area contributed by atoms with Crippen molar-refractivity contribution in [2.75, 3.05) is 0 Å². The third-order valence-electron chi connectivity index (χ3n) is 3.53. The average molecular weight is 207 g/mol. The van der Waals surface area contributed by atoms with E-state index in [1.165, 1.54) is 31.2 Å². The maximum Gasteiger partial charge on any atom is 0.0521 e. The lowest BCUT2D eigenvalue weighted by atomic mass is 9.94. The van der Waals surface area contributed by atoms with Crippen LogP contribution in [-0.2, 0) is 13.5 Å². The van der Waals surface area contributed by atoms with Gasteiger partial charge in [0.1, 0.15) is 0 Å². The summed E-state index contributed by atoms with van der Waals surface area (Å²) in [5.41, 5.74) is 7.52. The molecule has 2 rings (SSSR count). The van der Waals surface area contributed by atoms with E-state index in [9.17, 15) is 0 Å². The van der Waals surface area contributed by atoms with Crippen LogP contribution in [0.3, 0.4) is 0 Å². The van der Waals surface area contributed by atoms with Gasteiger partial charge in [0.05, 0.1) is 6.20 Å². The van der Waals surface area contributed by atoms with E-state index in [-0.39, 0.29) is 0 Å². The van der Waals surface area contributed by atoms with Gasteiger partial charge in [0, 0.05) is 19.3 Å². The Bertz CT molecular complexity index is 300. The fraction of sp³-hybridized carbons (Fsp3) is 0.750. The molecule has 0 radical (unpaired) electrons. The zero-order valence-electron chi connectivity index (χ0n) is 9.52. The first-order valence-electron chi connectivity index (χ1n) is 5.99. The van der Waals surface area contributed by atoms with Crippen molar-refractivity contribution in [2.45, 2.75) is 44.6 Å². The van der Waals surface area contributed by atoms with E-state index in [0.29, 0.717) is 6.04 Å². The van der Waals surface area contributed by atoms with Crippen LogP contribution in [0.1, 0.15) is 37.7 Å². The van der Waals surface area contributed by atoms with Crippen molar-refractivity contribution >= 4 is 0 Å². The van der Waals surface area contributed by atoms with Crippen molar-refractivity contribution in [3.8, 4) is 0 Å². The van der Waals surface area contributed by atoms with Gasteiger partial charge in [-0.15, -0.1) is 0 Å². The molecule has 0 aromatic carbocycles. The molecule has 1 saturated carbocycles. The van der Waals surface area contributed by atoms with E-state index < -0.39 is 0 Å². The van der Waals surface area contributed by atoms with Crippen molar-refractivity contribution in [2.24, 2.45) is 18.7 Å². The Labute approximate surface area is 91.7 Å². The van der Waals surface area contributed by atoms with Crippen LogP contribution in [0.4, 0.5) is 0 Å². The Morgan fingerprint density at radius 3 is 2.87 bits per heavy atom. The molecule has 0 amide bonds. The Balaban J connectivity index is 1.77. The van der Waals surface area contributed by atoms with E-state index in [1.54, 1.807) is 0 Å². The molecule has 0 bridgehead atoms. The zero-order chi connectivity index (χ0) is 10.7. The lowest BCUT2D eigenvalue weighted by Crippen LogP contribution is -2.28. The fourth-order valence-corrected chi connectivity index (χ4v) is 2.56. The fourth-order valence-electron chi connectivity index (χ4n) is 2.56. The largest absolute Gasteiger partial charge is 0.327 e. The predicted octanol–water partition coefficient (Wildman–Crippen LogP) is 1.87. The number of nitrogens with two attached hydrogens (primary N) is 1. The molecule has 1 heterocycles. The smallest absolute Gasteiger partial charge is 0.0521 e. The van der Waals surface area contributed by atoms with E-state index >= 15 is 0 Å². The maximum absolute atomic E-state index is 6.21. The van der Waals surface area contributed by atoms with Crippen LogP contribution in [0, 0.1) is 5.92 Å². The molecule has 1 aliphatic rings. The summed E-state index contributed by atoms with van der Waals surface area (Å²) in [5.74, 6) is 0.779. The molecule has 1 atom stereocenters. The highest BCUT2D eigenvalue weighted by Crippen LogP contribution is 2.28. The second kappa shape index (κ2) is 4.79.